The number of methoxy groups -OCH3 is 1. The molecular weight excluding hydrogens is 250 g/mol. The van der Waals surface area contributed by atoms with Crippen LogP contribution in [0, 0.1) is 0 Å². The number of hydrogen-bond acceptors (Lipinski definition) is 3. The molecule has 1 saturated heterocycles. The van der Waals surface area contributed by atoms with Crippen molar-refractivity contribution < 1.29 is 9.47 Å². The molecule has 1 aromatic carbocycles. The molecule has 2 rings (SSSR count). The van der Waals surface area contributed by atoms with Crippen LogP contribution >= 0.6 is 0 Å². The molecule has 3 unspecified atom stereocenters. The van der Waals surface area contributed by atoms with E-state index in [9.17, 15) is 0 Å². The van der Waals surface area contributed by atoms with Crippen molar-refractivity contribution in [1.82, 2.24) is 5.32 Å². The van der Waals surface area contributed by atoms with Gasteiger partial charge in [0.15, 0.2) is 0 Å². The lowest BCUT2D eigenvalue weighted by atomic mass is 9.96. The van der Waals surface area contributed by atoms with Gasteiger partial charge in [-0.25, -0.2) is 0 Å². The monoisotopic (exact) mass is 277 g/mol. The average Bonchev–Trinajstić information content (AvgIpc) is 2.44. The van der Waals surface area contributed by atoms with Crippen molar-refractivity contribution in [1.29, 1.82) is 0 Å². The lowest BCUT2D eigenvalue weighted by molar-refractivity contribution is -0.0437. The van der Waals surface area contributed by atoms with Crippen LogP contribution in [0.1, 0.15) is 51.6 Å². The van der Waals surface area contributed by atoms with E-state index in [1.54, 1.807) is 7.11 Å². The first-order valence-corrected chi connectivity index (χ1v) is 7.67. The molecule has 1 N–H and O–H groups in total. The molecule has 1 heterocycles. The summed E-state index contributed by atoms with van der Waals surface area (Å²) in [6, 6.07) is 9.34. The molecule has 1 aliphatic heterocycles. The Bertz CT molecular complexity index is 394. The molecule has 0 amide bonds. The zero-order valence-corrected chi connectivity index (χ0v) is 13.1. The van der Waals surface area contributed by atoms with E-state index in [0.717, 1.165) is 25.0 Å². The molecule has 0 radical (unpaired) electrons. The Kier molecular flexibility index (Phi) is 5.44. The van der Waals surface area contributed by atoms with Gasteiger partial charge >= 0.3 is 0 Å². The van der Waals surface area contributed by atoms with Crippen LogP contribution in [0.5, 0.6) is 5.75 Å². The standard InChI is InChI=1S/C17H27NO2/c1-5-17(14-6-8-16(19-4)9-7-14)18-15-10-12(2)20-13(3)11-15/h6-9,12-13,15,17-18H,5,10-11H2,1-4H3. The number of nitrogens with one attached hydrogen (secondary N) is 1. The lowest BCUT2D eigenvalue weighted by Crippen LogP contribution is -2.42. The highest BCUT2D eigenvalue weighted by Crippen LogP contribution is 2.25. The molecule has 0 spiro atoms. The lowest BCUT2D eigenvalue weighted by Gasteiger charge is -2.35. The zero-order valence-electron chi connectivity index (χ0n) is 13.1. The summed E-state index contributed by atoms with van der Waals surface area (Å²) in [4.78, 5) is 0. The molecule has 1 aromatic rings. The Balaban J connectivity index is 2.00. The highest BCUT2D eigenvalue weighted by molar-refractivity contribution is 5.29. The van der Waals surface area contributed by atoms with Gasteiger partial charge in [0, 0.05) is 12.1 Å². The van der Waals surface area contributed by atoms with Gasteiger partial charge in [-0.1, -0.05) is 19.1 Å². The Hall–Kier alpha value is -1.06. The van der Waals surface area contributed by atoms with E-state index in [1.165, 1.54) is 5.56 Å². The summed E-state index contributed by atoms with van der Waals surface area (Å²) in [5.41, 5.74) is 1.33. The number of ether oxygens (including phenoxy) is 2. The molecule has 112 valence electrons. The zero-order chi connectivity index (χ0) is 14.5. The first-order valence-electron chi connectivity index (χ1n) is 7.67. The van der Waals surface area contributed by atoms with Gasteiger partial charge in [0.05, 0.1) is 19.3 Å². The van der Waals surface area contributed by atoms with E-state index in [-0.39, 0.29) is 0 Å². The third-order valence-electron chi connectivity index (χ3n) is 4.06. The summed E-state index contributed by atoms with van der Waals surface area (Å²) in [6.07, 6.45) is 3.98. The predicted molar refractivity (Wildman–Crippen MR) is 82.2 cm³/mol. The van der Waals surface area contributed by atoms with E-state index in [1.807, 2.05) is 12.1 Å². The molecule has 3 nitrogen and oxygen atoms in total. The first kappa shape index (κ1) is 15.3. The van der Waals surface area contributed by atoms with Crippen LogP contribution < -0.4 is 10.1 Å². The average molecular weight is 277 g/mol. The van der Waals surface area contributed by atoms with Crippen molar-refractivity contribution in [3.05, 3.63) is 29.8 Å². The van der Waals surface area contributed by atoms with Gasteiger partial charge < -0.3 is 14.8 Å². The minimum atomic E-state index is 0.352. The molecule has 0 saturated carbocycles. The number of hydrogen-bond donors (Lipinski definition) is 1. The van der Waals surface area contributed by atoms with Crippen LogP contribution in [-0.2, 0) is 4.74 Å². The molecule has 3 atom stereocenters. The minimum absolute atomic E-state index is 0.352. The van der Waals surface area contributed by atoms with Crippen LogP contribution in [0.4, 0.5) is 0 Å². The quantitative estimate of drug-likeness (QED) is 0.890. The van der Waals surface area contributed by atoms with E-state index in [2.05, 4.69) is 38.2 Å². The maximum Gasteiger partial charge on any atom is 0.118 e. The second kappa shape index (κ2) is 7.09. The Morgan fingerprint density at radius 1 is 1.20 bits per heavy atom. The summed E-state index contributed by atoms with van der Waals surface area (Å²) >= 11 is 0. The van der Waals surface area contributed by atoms with E-state index in [0.29, 0.717) is 24.3 Å². The molecule has 0 bridgehead atoms. The van der Waals surface area contributed by atoms with Crippen LogP contribution in [0.25, 0.3) is 0 Å². The van der Waals surface area contributed by atoms with Crippen molar-refractivity contribution in [2.24, 2.45) is 0 Å². The van der Waals surface area contributed by atoms with Crippen LogP contribution in [0.3, 0.4) is 0 Å². The smallest absolute Gasteiger partial charge is 0.118 e. The van der Waals surface area contributed by atoms with Gasteiger partial charge in [-0.2, -0.15) is 0 Å². The largest absolute Gasteiger partial charge is 0.497 e. The summed E-state index contributed by atoms with van der Waals surface area (Å²) in [7, 11) is 1.70. The molecule has 20 heavy (non-hydrogen) atoms. The fourth-order valence-electron chi connectivity index (χ4n) is 3.11. The third kappa shape index (κ3) is 3.97. The van der Waals surface area contributed by atoms with Crippen molar-refractivity contribution in [3.63, 3.8) is 0 Å². The summed E-state index contributed by atoms with van der Waals surface area (Å²) < 4.78 is 11.0. The van der Waals surface area contributed by atoms with Crippen molar-refractivity contribution in [2.45, 2.75) is 64.3 Å². The van der Waals surface area contributed by atoms with Gasteiger partial charge in [0.25, 0.3) is 0 Å². The van der Waals surface area contributed by atoms with Gasteiger partial charge in [-0.05, 0) is 50.8 Å². The summed E-state index contributed by atoms with van der Waals surface area (Å²) in [5, 5.41) is 3.80. The second-order valence-corrected chi connectivity index (χ2v) is 5.83. The number of benzene rings is 1. The summed E-state index contributed by atoms with van der Waals surface area (Å²) in [6.45, 7) is 6.56. The van der Waals surface area contributed by atoms with Crippen LogP contribution in [-0.4, -0.2) is 25.4 Å². The molecule has 3 heteroatoms. The molecular formula is C17H27NO2. The highest BCUT2D eigenvalue weighted by atomic mass is 16.5. The minimum Gasteiger partial charge on any atom is -0.497 e. The van der Waals surface area contributed by atoms with Crippen LogP contribution in [0.2, 0.25) is 0 Å². The molecule has 0 aromatic heterocycles. The predicted octanol–water partition coefficient (Wildman–Crippen LogP) is 3.69. The summed E-state index contributed by atoms with van der Waals surface area (Å²) in [5.74, 6) is 0.914. The fourth-order valence-corrected chi connectivity index (χ4v) is 3.11. The van der Waals surface area contributed by atoms with Gasteiger partial charge in [-0.15, -0.1) is 0 Å². The van der Waals surface area contributed by atoms with Gasteiger partial charge in [-0.3, -0.25) is 0 Å². The van der Waals surface area contributed by atoms with Gasteiger partial charge in [0.2, 0.25) is 0 Å². The maximum atomic E-state index is 5.81. The van der Waals surface area contributed by atoms with E-state index >= 15 is 0 Å². The second-order valence-electron chi connectivity index (χ2n) is 5.83. The van der Waals surface area contributed by atoms with E-state index < -0.39 is 0 Å². The van der Waals surface area contributed by atoms with E-state index in [4.69, 9.17) is 9.47 Å². The molecule has 0 aliphatic carbocycles. The first-order chi connectivity index (χ1) is 9.62. The maximum absolute atomic E-state index is 5.81. The van der Waals surface area contributed by atoms with Crippen molar-refractivity contribution >= 4 is 0 Å². The highest BCUT2D eigenvalue weighted by Gasteiger charge is 2.26. The number of rotatable bonds is 5. The molecule has 1 aliphatic rings. The Morgan fingerprint density at radius 3 is 2.30 bits per heavy atom. The van der Waals surface area contributed by atoms with Crippen LogP contribution in [0.15, 0.2) is 24.3 Å². The van der Waals surface area contributed by atoms with Crippen molar-refractivity contribution in [3.8, 4) is 5.75 Å². The Labute approximate surface area is 122 Å². The van der Waals surface area contributed by atoms with Crippen molar-refractivity contribution in [2.75, 3.05) is 7.11 Å². The Morgan fingerprint density at radius 2 is 1.80 bits per heavy atom. The topological polar surface area (TPSA) is 30.5 Å². The molecule has 1 fully saturated rings. The SMILES string of the molecule is CCC(NC1CC(C)OC(C)C1)c1ccc(OC)cc1. The normalized spacial score (nSPS) is 28.1. The fraction of sp³-hybridized carbons (Fsp3) is 0.647. The van der Waals surface area contributed by atoms with Gasteiger partial charge in [0.1, 0.15) is 5.75 Å². The third-order valence-corrected chi connectivity index (χ3v) is 4.06.